The second kappa shape index (κ2) is 6.95. The first kappa shape index (κ1) is 15.1. The van der Waals surface area contributed by atoms with Gasteiger partial charge in [0.15, 0.2) is 18.2 Å². The van der Waals surface area contributed by atoms with E-state index in [9.17, 15) is 9.18 Å². The van der Waals surface area contributed by atoms with Gasteiger partial charge in [-0.25, -0.2) is 4.39 Å². The maximum Gasteiger partial charge on any atom is 0.262 e. The van der Waals surface area contributed by atoms with Gasteiger partial charge in [-0.3, -0.25) is 4.79 Å². The summed E-state index contributed by atoms with van der Waals surface area (Å²) >= 11 is 5.92. The van der Waals surface area contributed by atoms with Crippen molar-refractivity contribution in [3.05, 3.63) is 53.3 Å². The number of anilines is 1. The molecule has 2 rings (SSSR count). The molecule has 0 aliphatic heterocycles. The summed E-state index contributed by atoms with van der Waals surface area (Å²) in [6, 6.07) is 10.9. The first-order valence-corrected chi connectivity index (χ1v) is 6.48. The summed E-state index contributed by atoms with van der Waals surface area (Å²) in [5.41, 5.74) is 0.494. The number of rotatable bonds is 5. The fourth-order valence-corrected chi connectivity index (χ4v) is 1.82. The predicted octanol–water partition coefficient (Wildman–Crippen LogP) is 3.51. The highest BCUT2D eigenvalue weighted by atomic mass is 35.5. The maximum absolute atomic E-state index is 13.5. The average Bonchev–Trinajstić information content (AvgIpc) is 2.48. The lowest BCUT2D eigenvalue weighted by atomic mass is 10.3. The third-order valence-corrected chi connectivity index (χ3v) is 2.97. The van der Waals surface area contributed by atoms with Gasteiger partial charge in [-0.2, -0.15) is 0 Å². The number of ether oxygens (including phenoxy) is 2. The molecule has 0 aliphatic carbocycles. The van der Waals surface area contributed by atoms with Crippen LogP contribution in [-0.2, 0) is 4.79 Å². The molecule has 2 aromatic rings. The highest BCUT2D eigenvalue weighted by Gasteiger charge is 2.08. The van der Waals surface area contributed by atoms with Crippen molar-refractivity contribution < 1.29 is 18.7 Å². The van der Waals surface area contributed by atoms with Crippen molar-refractivity contribution >= 4 is 23.2 Å². The van der Waals surface area contributed by atoms with Gasteiger partial charge in [-0.05, 0) is 24.3 Å². The molecular weight excluding hydrogens is 297 g/mol. The van der Waals surface area contributed by atoms with Gasteiger partial charge in [-0.15, -0.1) is 0 Å². The second-order valence-corrected chi connectivity index (χ2v) is 4.52. The van der Waals surface area contributed by atoms with E-state index in [0.29, 0.717) is 10.7 Å². The average molecular weight is 310 g/mol. The molecule has 0 aromatic heterocycles. The lowest BCUT2D eigenvalue weighted by molar-refractivity contribution is -0.118. The minimum Gasteiger partial charge on any atom is -0.494 e. The monoisotopic (exact) mass is 309 g/mol. The van der Waals surface area contributed by atoms with Crippen LogP contribution >= 0.6 is 11.6 Å². The summed E-state index contributed by atoms with van der Waals surface area (Å²) in [5, 5.41) is 3.04. The number of nitrogens with one attached hydrogen (secondary N) is 1. The van der Waals surface area contributed by atoms with Gasteiger partial charge in [0.05, 0.1) is 17.8 Å². The van der Waals surface area contributed by atoms with Crippen LogP contribution in [-0.4, -0.2) is 19.6 Å². The summed E-state index contributed by atoms with van der Waals surface area (Å²) in [4.78, 5) is 11.7. The SMILES string of the molecule is COc1ccc(OCC(=O)Nc2ccccc2Cl)cc1F. The number of carbonyl (C=O) groups excluding carboxylic acids is 1. The lowest BCUT2D eigenvalue weighted by Gasteiger charge is -2.09. The molecule has 0 unspecified atom stereocenters. The minimum absolute atomic E-state index is 0.114. The summed E-state index contributed by atoms with van der Waals surface area (Å²) in [6.07, 6.45) is 0. The van der Waals surface area contributed by atoms with Crippen molar-refractivity contribution in [2.75, 3.05) is 19.0 Å². The Balaban J connectivity index is 1.92. The highest BCUT2D eigenvalue weighted by molar-refractivity contribution is 6.33. The number of carbonyl (C=O) groups is 1. The van der Waals surface area contributed by atoms with Gasteiger partial charge < -0.3 is 14.8 Å². The molecular formula is C15H13ClFNO3. The van der Waals surface area contributed by atoms with E-state index in [-0.39, 0.29) is 24.0 Å². The molecule has 1 amide bonds. The molecule has 0 spiro atoms. The minimum atomic E-state index is -0.554. The van der Waals surface area contributed by atoms with Crippen molar-refractivity contribution in [1.29, 1.82) is 0 Å². The van der Waals surface area contributed by atoms with Crippen LogP contribution in [0.4, 0.5) is 10.1 Å². The smallest absolute Gasteiger partial charge is 0.262 e. The number of halogens is 2. The van der Waals surface area contributed by atoms with E-state index in [2.05, 4.69) is 5.32 Å². The fraction of sp³-hybridized carbons (Fsp3) is 0.133. The van der Waals surface area contributed by atoms with Crippen molar-refractivity contribution in [2.45, 2.75) is 0 Å². The third kappa shape index (κ3) is 4.10. The number of hydrogen-bond donors (Lipinski definition) is 1. The Morgan fingerprint density at radius 1 is 1.29 bits per heavy atom. The van der Waals surface area contributed by atoms with Crippen molar-refractivity contribution in [3.8, 4) is 11.5 Å². The molecule has 0 heterocycles. The molecule has 2 aromatic carbocycles. The fourth-order valence-electron chi connectivity index (χ4n) is 1.63. The molecule has 0 radical (unpaired) electrons. The van der Waals surface area contributed by atoms with Crippen LogP contribution < -0.4 is 14.8 Å². The van der Waals surface area contributed by atoms with Gasteiger partial charge in [0.25, 0.3) is 5.91 Å². The molecule has 1 N–H and O–H groups in total. The first-order valence-electron chi connectivity index (χ1n) is 6.11. The Labute approximate surface area is 126 Å². The Bertz CT molecular complexity index is 649. The molecule has 0 atom stereocenters. The Morgan fingerprint density at radius 3 is 2.71 bits per heavy atom. The van der Waals surface area contributed by atoms with Gasteiger partial charge in [0, 0.05) is 6.07 Å². The lowest BCUT2D eigenvalue weighted by Crippen LogP contribution is -2.20. The first-order chi connectivity index (χ1) is 10.1. The van der Waals surface area contributed by atoms with Crippen molar-refractivity contribution in [1.82, 2.24) is 0 Å². The molecule has 21 heavy (non-hydrogen) atoms. The quantitative estimate of drug-likeness (QED) is 0.919. The molecule has 0 fully saturated rings. The zero-order valence-corrected chi connectivity index (χ0v) is 12.0. The Hall–Kier alpha value is -2.27. The van der Waals surface area contributed by atoms with Gasteiger partial charge in [-0.1, -0.05) is 23.7 Å². The van der Waals surface area contributed by atoms with E-state index in [1.165, 1.54) is 19.2 Å². The summed E-state index contributed by atoms with van der Waals surface area (Å²) in [6.45, 7) is -0.253. The second-order valence-electron chi connectivity index (χ2n) is 4.11. The van der Waals surface area contributed by atoms with E-state index < -0.39 is 5.82 Å². The van der Waals surface area contributed by atoms with Crippen molar-refractivity contribution in [2.24, 2.45) is 0 Å². The van der Waals surface area contributed by atoms with Gasteiger partial charge in [0.2, 0.25) is 0 Å². The third-order valence-electron chi connectivity index (χ3n) is 2.64. The van der Waals surface area contributed by atoms with E-state index in [0.717, 1.165) is 6.07 Å². The summed E-state index contributed by atoms with van der Waals surface area (Å²) in [7, 11) is 1.37. The topological polar surface area (TPSA) is 47.6 Å². The molecule has 0 bridgehead atoms. The zero-order chi connectivity index (χ0) is 15.2. The number of hydrogen-bond acceptors (Lipinski definition) is 3. The molecule has 0 saturated heterocycles. The van der Waals surface area contributed by atoms with Crippen LogP contribution in [0.1, 0.15) is 0 Å². The standard InChI is InChI=1S/C15H13ClFNO3/c1-20-14-7-6-10(8-12(14)17)21-9-15(19)18-13-5-3-2-4-11(13)16/h2-8H,9H2,1H3,(H,18,19). The molecule has 110 valence electrons. The van der Waals surface area contributed by atoms with Crippen LogP contribution in [0.15, 0.2) is 42.5 Å². The van der Waals surface area contributed by atoms with Crippen LogP contribution in [0.5, 0.6) is 11.5 Å². The number of amides is 1. The normalized spacial score (nSPS) is 10.0. The summed E-state index contributed by atoms with van der Waals surface area (Å²) in [5.74, 6) is -0.591. The molecule has 6 heteroatoms. The largest absolute Gasteiger partial charge is 0.494 e. The van der Waals surface area contributed by atoms with E-state index in [1.54, 1.807) is 24.3 Å². The van der Waals surface area contributed by atoms with E-state index in [4.69, 9.17) is 21.1 Å². The number of methoxy groups -OCH3 is 1. The van der Waals surface area contributed by atoms with Crippen LogP contribution in [0.25, 0.3) is 0 Å². The summed E-state index contributed by atoms with van der Waals surface area (Å²) < 4.78 is 23.5. The number of benzene rings is 2. The Kier molecular flexibility index (Phi) is 5.00. The van der Waals surface area contributed by atoms with Crippen LogP contribution in [0.2, 0.25) is 5.02 Å². The van der Waals surface area contributed by atoms with Gasteiger partial charge in [0.1, 0.15) is 5.75 Å². The Morgan fingerprint density at radius 2 is 2.05 bits per heavy atom. The van der Waals surface area contributed by atoms with Crippen LogP contribution in [0.3, 0.4) is 0 Å². The predicted molar refractivity (Wildman–Crippen MR) is 78.5 cm³/mol. The van der Waals surface area contributed by atoms with E-state index >= 15 is 0 Å². The maximum atomic E-state index is 13.5. The molecule has 4 nitrogen and oxygen atoms in total. The van der Waals surface area contributed by atoms with Crippen LogP contribution in [0, 0.1) is 5.82 Å². The molecule has 0 aliphatic rings. The van der Waals surface area contributed by atoms with Gasteiger partial charge >= 0.3 is 0 Å². The molecule has 0 saturated carbocycles. The van der Waals surface area contributed by atoms with Crippen molar-refractivity contribution in [3.63, 3.8) is 0 Å². The number of para-hydroxylation sites is 1. The van der Waals surface area contributed by atoms with E-state index in [1.807, 2.05) is 0 Å². The zero-order valence-electron chi connectivity index (χ0n) is 11.2. The highest BCUT2D eigenvalue weighted by Crippen LogP contribution is 2.23.